The van der Waals surface area contributed by atoms with Gasteiger partial charge in [0, 0.05) is 18.3 Å². The van der Waals surface area contributed by atoms with Gasteiger partial charge < -0.3 is 5.11 Å². The van der Waals surface area contributed by atoms with Crippen LogP contribution >= 0.6 is 0 Å². The molecule has 0 aliphatic rings. The SMILES string of the molecule is Oc1ccccc1C=NCCC[SiH2]N=N[SiH3]. The predicted octanol–water partition coefficient (Wildman–Crippen LogP) is 0.436. The molecule has 1 N–H and O–H groups in total. The molecule has 0 aromatic heterocycles. The van der Waals surface area contributed by atoms with Crippen molar-refractivity contribution in [3.05, 3.63) is 29.8 Å². The molecule has 0 fully saturated rings. The largest absolute Gasteiger partial charge is 0.507 e. The minimum absolute atomic E-state index is 0.283. The molecule has 6 heteroatoms. The number of phenols is 1. The summed E-state index contributed by atoms with van der Waals surface area (Å²) in [6, 6.07) is 8.37. The van der Waals surface area contributed by atoms with Gasteiger partial charge in [-0.1, -0.05) is 12.1 Å². The summed E-state index contributed by atoms with van der Waals surface area (Å²) in [6.45, 7) is 0.804. The van der Waals surface area contributed by atoms with Crippen molar-refractivity contribution in [2.75, 3.05) is 6.54 Å². The highest BCUT2D eigenvalue weighted by Crippen LogP contribution is 2.12. The van der Waals surface area contributed by atoms with Crippen LogP contribution in [-0.4, -0.2) is 38.0 Å². The predicted molar refractivity (Wildman–Crippen MR) is 73.3 cm³/mol. The Balaban J connectivity index is 2.25. The highest BCUT2D eigenvalue weighted by Gasteiger charge is 1.93. The second-order valence-corrected chi connectivity index (χ2v) is 5.20. The van der Waals surface area contributed by atoms with Crippen LogP contribution < -0.4 is 0 Å². The molecule has 1 aromatic carbocycles. The summed E-state index contributed by atoms with van der Waals surface area (Å²) >= 11 is 0. The lowest BCUT2D eigenvalue weighted by Gasteiger charge is -1.96. The smallest absolute Gasteiger partial charge is 0.177 e. The molecule has 0 saturated heterocycles. The zero-order chi connectivity index (χ0) is 11.6. The van der Waals surface area contributed by atoms with E-state index in [2.05, 4.69) is 14.6 Å². The molecular formula is C10H17N3OSi2. The monoisotopic (exact) mass is 251 g/mol. The van der Waals surface area contributed by atoms with Crippen molar-refractivity contribution in [3.8, 4) is 5.75 Å². The normalized spacial score (nSPS) is 12.5. The van der Waals surface area contributed by atoms with E-state index in [0.717, 1.165) is 35.0 Å². The topological polar surface area (TPSA) is 57.3 Å². The Hall–Kier alpha value is -1.28. The molecule has 16 heavy (non-hydrogen) atoms. The number of phenolic OH excluding ortho intramolecular Hbond substituents is 1. The first-order valence-electron chi connectivity index (χ1n) is 5.38. The van der Waals surface area contributed by atoms with Gasteiger partial charge in [-0.25, -0.2) is 0 Å². The summed E-state index contributed by atoms with van der Waals surface area (Å²) in [5.41, 5.74) is 0.777. The summed E-state index contributed by atoms with van der Waals surface area (Å²) < 4.78 is 7.94. The average molecular weight is 251 g/mol. The third kappa shape index (κ3) is 4.99. The lowest BCUT2D eigenvalue weighted by Crippen LogP contribution is -1.89. The number of rotatable bonds is 6. The van der Waals surface area contributed by atoms with Gasteiger partial charge in [0.15, 0.2) is 20.1 Å². The number of aliphatic imine (C=N–C) groups is 1. The van der Waals surface area contributed by atoms with E-state index >= 15 is 0 Å². The van der Waals surface area contributed by atoms with Crippen molar-refractivity contribution in [1.29, 1.82) is 0 Å². The fourth-order valence-electron chi connectivity index (χ4n) is 1.25. The Morgan fingerprint density at radius 1 is 1.38 bits per heavy atom. The second-order valence-electron chi connectivity index (χ2n) is 3.37. The third-order valence-electron chi connectivity index (χ3n) is 2.10. The molecule has 0 radical (unpaired) electrons. The Kier molecular flexibility index (Phi) is 6.35. The molecule has 0 atom stereocenters. The van der Waals surface area contributed by atoms with Gasteiger partial charge in [-0.05, 0) is 24.6 Å². The van der Waals surface area contributed by atoms with Crippen molar-refractivity contribution in [2.45, 2.75) is 12.5 Å². The van der Waals surface area contributed by atoms with Crippen LogP contribution in [0.15, 0.2) is 38.8 Å². The summed E-state index contributed by atoms with van der Waals surface area (Å²) in [7, 11) is 0.509. The number of hydrogen-bond donors (Lipinski definition) is 1. The molecule has 0 heterocycles. The minimum atomic E-state index is -0.318. The first kappa shape index (κ1) is 12.8. The van der Waals surface area contributed by atoms with Crippen molar-refractivity contribution < 1.29 is 5.11 Å². The van der Waals surface area contributed by atoms with E-state index in [4.69, 9.17) is 0 Å². The van der Waals surface area contributed by atoms with Crippen LogP contribution in [0.3, 0.4) is 0 Å². The Labute approximate surface area is 101 Å². The standard InChI is InChI=1S/C10H17N3OSi2/c14-10-5-2-1-4-9(10)8-11-6-3-7-16-13-12-15/h1-2,4-5,8,14H,3,6-7,16H2,15H3. The van der Waals surface area contributed by atoms with Gasteiger partial charge in [-0.2, -0.15) is 0 Å². The third-order valence-corrected chi connectivity index (χ3v) is 4.25. The van der Waals surface area contributed by atoms with Gasteiger partial charge in [0.2, 0.25) is 0 Å². The van der Waals surface area contributed by atoms with E-state index in [1.165, 1.54) is 0 Å². The Bertz CT molecular complexity index is 369. The first-order valence-corrected chi connectivity index (χ1v) is 7.90. The van der Waals surface area contributed by atoms with Gasteiger partial charge in [-0.15, -0.1) is 0 Å². The van der Waals surface area contributed by atoms with Crippen LogP contribution in [-0.2, 0) is 0 Å². The van der Waals surface area contributed by atoms with E-state index in [-0.39, 0.29) is 15.4 Å². The quantitative estimate of drug-likeness (QED) is 0.339. The van der Waals surface area contributed by atoms with Crippen LogP contribution in [0.1, 0.15) is 12.0 Å². The van der Waals surface area contributed by atoms with Crippen LogP contribution in [0.25, 0.3) is 0 Å². The first-order chi connectivity index (χ1) is 7.84. The van der Waals surface area contributed by atoms with Crippen molar-refractivity contribution in [3.63, 3.8) is 0 Å². The molecule has 1 rings (SSSR count). The summed E-state index contributed by atoms with van der Waals surface area (Å²) in [5.74, 6) is 0.283. The zero-order valence-electron chi connectivity index (χ0n) is 9.50. The number of hydrogen-bond acceptors (Lipinski definition) is 4. The second kappa shape index (κ2) is 7.94. The van der Waals surface area contributed by atoms with E-state index < -0.39 is 0 Å². The maximum Gasteiger partial charge on any atom is 0.177 e. The lowest BCUT2D eigenvalue weighted by atomic mass is 10.2. The van der Waals surface area contributed by atoms with Crippen LogP contribution in [0.4, 0.5) is 0 Å². The van der Waals surface area contributed by atoms with Crippen molar-refractivity contribution >= 4 is 26.3 Å². The van der Waals surface area contributed by atoms with Crippen LogP contribution in [0.5, 0.6) is 5.75 Å². The maximum absolute atomic E-state index is 9.48. The molecule has 0 bridgehead atoms. The highest BCUT2D eigenvalue weighted by molar-refractivity contribution is 6.33. The van der Waals surface area contributed by atoms with E-state index in [1.807, 2.05) is 12.1 Å². The average Bonchev–Trinajstić information content (AvgIpc) is 2.30. The minimum Gasteiger partial charge on any atom is -0.507 e. The molecular weight excluding hydrogens is 234 g/mol. The van der Waals surface area contributed by atoms with Gasteiger partial charge >= 0.3 is 0 Å². The number of nitrogens with zero attached hydrogens (tertiary/aromatic N) is 3. The van der Waals surface area contributed by atoms with Gasteiger partial charge in [0.05, 0.1) is 0 Å². The molecule has 0 aliphatic heterocycles. The molecule has 0 aliphatic carbocycles. The number of para-hydroxylation sites is 1. The molecule has 1 aromatic rings. The maximum atomic E-state index is 9.48. The number of benzene rings is 1. The van der Waals surface area contributed by atoms with Gasteiger partial charge in [-0.3, -0.25) is 14.6 Å². The van der Waals surface area contributed by atoms with Crippen LogP contribution in [0, 0.1) is 0 Å². The lowest BCUT2D eigenvalue weighted by molar-refractivity contribution is 0.474. The molecule has 0 unspecified atom stereocenters. The highest BCUT2D eigenvalue weighted by atomic mass is 28.2. The summed E-state index contributed by atoms with van der Waals surface area (Å²) in [4.78, 5) is 4.27. The van der Waals surface area contributed by atoms with Crippen molar-refractivity contribution in [2.24, 2.45) is 14.6 Å². The summed E-state index contributed by atoms with van der Waals surface area (Å²) in [5, 5.41) is 9.48. The molecule has 0 amide bonds. The molecule has 86 valence electrons. The van der Waals surface area contributed by atoms with Crippen LogP contribution in [0.2, 0.25) is 6.04 Å². The van der Waals surface area contributed by atoms with E-state index in [9.17, 15) is 5.11 Å². The fourth-order valence-corrected chi connectivity index (χ4v) is 2.63. The van der Waals surface area contributed by atoms with Gasteiger partial charge in [0.1, 0.15) is 5.75 Å². The van der Waals surface area contributed by atoms with Crippen molar-refractivity contribution in [1.82, 2.24) is 0 Å². The van der Waals surface area contributed by atoms with Gasteiger partial charge in [0.25, 0.3) is 0 Å². The summed E-state index contributed by atoms with van der Waals surface area (Å²) in [6.07, 6.45) is 2.79. The number of aromatic hydroxyl groups is 1. The molecule has 0 saturated carbocycles. The Morgan fingerprint density at radius 2 is 2.19 bits per heavy atom. The fraction of sp³-hybridized carbons (Fsp3) is 0.300. The zero-order valence-corrected chi connectivity index (χ0v) is 12.9. The molecule has 0 spiro atoms. The van der Waals surface area contributed by atoms with E-state index in [0.29, 0.717) is 0 Å². The Morgan fingerprint density at radius 3 is 2.94 bits per heavy atom. The molecule has 4 nitrogen and oxygen atoms in total. The van der Waals surface area contributed by atoms with E-state index in [1.54, 1.807) is 18.3 Å².